The van der Waals surface area contributed by atoms with Crippen LogP contribution in [0.3, 0.4) is 0 Å². The molecule has 1 aromatic heterocycles. The molecular formula is C23H29N4O4P. The summed E-state index contributed by atoms with van der Waals surface area (Å²) in [6.07, 6.45) is 11.9. The fourth-order valence-corrected chi connectivity index (χ4v) is 5.72. The van der Waals surface area contributed by atoms with Gasteiger partial charge in [-0.1, -0.05) is 37.1 Å². The first-order valence-corrected chi connectivity index (χ1v) is 11.8. The molecule has 1 aliphatic carbocycles. The fourth-order valence-electron chi connectivity index (χ4n) is 5.50. The molecule has 0 radical (unpaired) electrons. The number of amides is 2. The smallest absolute Gasteiger partial charge is 0.275 e. The molecule has 1 N–H and O–H groups in total. The van der Waals surface area contributed by atoms with Gasteiger partial charge in [-0.05, 0) is 25.2 Å². The molecule has 9 heteroatoms. The minimum Gasteiger partial charge on any atom is -0.474 e. The van der Waals surface area contributed by atoms with E-state index in [1.54, 1.807) is 4.57 Å². The number of allylic oxidation sites excluding steroid dienone is 3. The van der Waals surface area contributed by atoms with Crippen LogP contribution >= 0.6 is 9.47 Å². The van der Waals surface area contributed by atoms with Gasteiger partial charge in [0.1, 0.15) is 11.7 Å². The van der Waals surface area contributed by atoms with Crippen molar-refractivity contribution >= 4 is 21.3 Å². The average molecular weight is 456 g/mol. The predicted octanol–water partition coefficient (Wildman–Crippen LogP) is 1.92. The number of aromatic nitrogens is 1. The van der Waals surface area contributed by atoms with Crippen LogP contribution < -0.4 is 15.3 Å². The predicted molar refractivity (Wildman–Crippen MR) is 124 cm³/mol. The molecule has 2 saturated heterocycles. The monoisotopic (exact) mass is 456 g/mol. The van der Waals surface area contributed by atoms with Crippen LogP contribution in [0.1, 0.15) is 53.5 Å². The second-order valence-electron chi connectivity index (χ2n) is 9.22. The quantitative estimate of drug-likeness (QED) is 0.700. The molecule has 5 rings (SSSR count). The Hall–Kier alpha value is -2.44. The number of hydrogen-bond donors (Lipinski definition) is 1. The van der Waals surface area contributed by atoms with Gasteiger partial charge < -0.3 is 19.3 Å². The van der Waals surface area contributed by atoms with Crippen molar-refractivity contribution < 1.29 is 14.1 Å². The van der Waals surface area contributed by atoms with Gasteiger partial charge in [0.05, 0.1) is 16.0 Å². The van der Waals surface area contributed by atoms with E-state index in [0.717, 1.165) is 31.4 Å². The Balaban J connectivity index is 1.44. The number of pyridine rings is 1. The number of rotatable bonds is 4. The number of nitrogens with zero attached hydrogens (tertiary/aromatic N) is 3. The zero-order chi connectivity index (χ0) is 22.4. The van der Waals surface area contributed by atoms with Crippen LogP contribution in [0, 0.1) is 5.92 Å². The van der Waals surface area contributed by atoms with E-state index in [4.69, 9.17) is 4.52 Å². The molecule has 0 spiro atoms. The SMILES string of the molecule is CC1C=CC=C(CNC(=O)c2cn3c(c(OP)c2=O)C(=O)N2C[C@@H]4CCCCN4[C@@H]2C3)C1. The van der Waals surface area contributed by atoms with Crippen LogP contribution in [0.2, 0.25) is 0 Å². The minimum absolute atomic E-state index is 0.000594. The van der Waals surface area contributed by atoms with Crippen LogP contribution in [0.25, 0.3) is 0 Å². The maximum absolute atomic E-state index is 13.4. The molecule has 0 aromatic carbocycles. The first-order valence-electron chi connectivity index (χ1n) is 11.3. The average Bonchev–Trinajstić information content (AvgIpc) is 3.17. The van der Waals surface area contributed by atoms with Crippen molar-refractivity contribution in [3.63, 3.8) is 0 Å². The summed E-state index contributed by atoms with van der Waals surface area (Å²) >= 11 is 0. The maximum Gasteiger partial charge on any atom is 0.275 e. The number of piperidine rings is 1. The Bertz CT molecular complexity index is 1080. The summed E-state index contributed by atoms with van der Waals surface area (Å²) in [5.41, 5.74) is 0.785. The van der Waals surface area contributed by atoms with Crippen molar-refractivity contribution in [2.45, 2.75) is 51.4 Å². The zero-order valence-corrected chi connectivity index (χ0v) is 19.4. The van der Waals surface area contributed by atoms with Crippen molar-refractivity contribution in [3.8, 4) is 5.75 Å². The molecule has 32 heavy (non-hydrogen) atoms. The van der Waals surface area contributed by atoms with E-state index in [-0.39, 0.29) is 29.1 Å². The summed E-state index contributed by atoms with van der Waals surface area (Å²) in [6.45, 7) is 4.68. The van der Waals surface area contributed by atoms with Gasteiger partial charge in [0, 0.05) is 31.9 Å². The Labute approximate surface area is 189 Å². The van der Waals surface area contributed by atoms with Gasteiger partial charge in [0.15, 0.2) is 11.4 Å². The third-order valence-corrected chi connectivity index (χ3v) is 7.31. The van der Waals surface area contributed by atoms with Crippen molar-refractivity contribution in [3.05, 3.63) is 51.5 Å². The topological polar surface area (TPSA) is 83.9 Å². The van der Waals surface area contributed by atoms with E-state index in [1.165, 1.54) is 12.6 Å². The van der Waals surface area contributed by atoms with Crippen LogP contribution in [0.15, 0.2) is 34.8 Å². The lowest BCUT2D eigenvalue weighted by molar-refractivity contribution is 0.0454. The van der Waals surface area contributed by atoms with Crippen LogP contribution in [0.4, 0.5) is 0 Å². The summed E-state index contributed by atoms with van der Waals surface area (Å²) in [5, 5.41) is 2.87. The van der Waals surface area contributed by atoms with E-state index in [9.17, 15) is 14.4 Å². The first-order chi connectivity index (χ1) is 15.5. The molecule has 0 bridgehead atoms. The number of nitrogens with one attached hydrogen (secondary N) is 1. The molecule has 1 aromatic rings. The molecule has 8 nitrogen and oxygen atoms in total. The second kappa shape index (κ2) is 8.49. The molecule has 2 amide bonds. The number of carbonyl (C=O) groups excluding carboxylic acids is 2. The van der Waals surface area contributed by atoms with Gasteiger partial charge in [0.2, 0.25) is 5.43 Å². The fraction of sp³-hybridized carbons (Fsp3) is 0.522. The van der Waals surface area contributed by atoms with Crippen molar-refractivity contribution in [1.82, 2.24) is 19.7 Å². The lowest BCUT2D eigenvalue weighted by Gasteiger charge is -2.38. The third-order valence-electron chi connectivity index (χ3n) is 7.08. The standard InChI is InChI=1S/C23H29N4O4P/c1-14-5-4-6-15(9-14)10-24-22(29)17-12-25-13-18-26-8-3-2-7-16(26)11-27(18)23(30)19(25)21(31-32)20(17)28/h4-6,12,14,16,18H,2-3,7-11,13,32H2,1H3,(H,24,29)/t14?,16-,18-/m0/s1. The molecular weight excluding hydrogens is 427 g/mol. The van der Waals surface area contributed by atoms with Crippen molar-refractivity contribution in [2.75, 3.05) is 19.6 Å². The van der Waals surface area contributed by atoms with E-state index in [1.807, 2.05) is 17.1 Å². The Morgan fingerprint density at radius 3 is 2.91 bits per heavy atom. The van der Waals surface area contributed by atoms with Crippen LogP contribution in [-0.2, 0) is 6.54 Å². The molecule has 0 saturated carbocycles. The molecule has 4 atom stereocenters. The lowest BCUT2D eigenvalue weighted by atomic mass is 9.96. The molecule has 2 unspecified atom stereocenters. The highest BCUT2D eigenvalue weighted by atomic mass is 31.0. The van der Waals surface area contributed by atoms with Gasteiger partial charge in [0.25, 0.3) is 11.8 Å². The van der Waals surface area contributed by atoms with E-state index < -0.39 is 11.3 Å². The highest BCUT2D eigenvalue weighted by Gasteiger charge is 2.47. The lowest BCUT2D eigenvalue weighted by Crippen LogP contribution is -2.51. The Morgan fingerprint density at radius 2 is 2.12 bits per heavy atom. The van der Waals surface area contributed by atoms with Gasteiger partial charge in [-0.25, -0.2) is 0 Å². The minimum atomic E-state index is -0.557. The Kier molecular flexibility index (Phi) is 5.68. The summed E-state index contributed by atoms with van der Waals surface area (Å²) in [5.74, 6) is -0.305. The van der Waals surface area contributed by atoms with Gasteiger partial charge in [-0.2, -0.15) is 0 Å². The largest absolute Gasteiger partial charge is 0.474 e. The van der Waals surface area contributed by atoms with Crippen molar-refractivity contribution in [1.29, 1.82) is 0 Å². The van der Waals surface area contributed by atoms with Crippen LogP contribution in [-0.4, -0.2) is 58.0 Å². The zero-order valence-electron chi connectivity index (χ0n) is 18.3. The van der Waals surface area contributed by atoms with Crippen LogP contribution in [0.5, 0.6) is 5.75 Å². The maximum atomic E-state index is 13.4. The summed E-state index contributed by atoms with van der Waals surface area (Å²) < 4.78 is 7.04. The highest BCUT2D eigenvalue weighted by molar-refractivity contribution is 7.10. The Morgan fingerprint density at radius 1 is 1.28 bits per heavy atom. The molecule has 170 valence electrons. The summed E-state index contributed by atoms with van der Waals surface area (Å²) in [7, 11) is 2.06. The highest BCUT2D eigenvalue weighted by Crippen LogP contribution is 2.35. The second-order valence-corrected chi connectivity index (χ2v) is 9.46. The normalized spacial score (nSPS) is 26.8. The number of fused-ring (bicyclic) bond motifs is 4. The van der Waals surface area contributed by atoms with E-state index >= 15 is 0 Å². The van der Waals surface area contributed by atoms with Crippen molar-refractivity contribution in [2.24, 2.45) is 5.92 Å². The molecule has 4 aliphatic rings. The van der Waals surface area contributed by atoms with Gasteiger partial charge >= 0.3 is 0 Å². The number of hydrogen-bond acceptors (Lipinski definition) is 5. The van der Waals surface area contributed by atoms with E-state index in [0.29, 0.717) is 31.6 Å². The summed E-state index contributed by atoms with van der Waals surface area (Å²) in [4.78, 5) is 43.6. The van der Waals surface area contributed by atoms with E-state index in [2.05, 4.69) is 32.7 Å². The van der Waals surface area contributed by atoms with Gasteiger partial charge in [-0.15, -0.1) is 0 Å². The molecule has 2 fully saturated rings. The number of carbonyl (C=O) groups is 2. The first kappa shape index (κ1) is 21.4. The van der Waals surface area contributed by atoms with Gasteiger partial charge in [-0.3, -0.25) is 19.3 Å². The molecule has 4 heterocycles. The molecule has 3 aliphatic heterocycles. The third kappa shape index (κ3) is 3.59. The summed E-state index contributed by atoms with van der Waals surface area (Å²) in [6, 6.07) is 0.364.